The lowest BCUT2D eigenvalue weighted by molar-refractivity contribution is -0.129. The maximum Gasteiger partial charge on any atom is 0.231 e. The van der Waals surface area contributed by atoms with E-state index in [0.717, 1.165) is 44.6 Å². The topological polar surface area (TPSA) is 58.4 Å². The molecule has 1 saturated heterocycles. The smallest absolute Gasteiger partial charge is 0.231 e. The summed E-state index contributed by atoms with van der Waals surface area (Å²) >= 11 is 0. The lowest BCUT2D eigenvalue weighted by Gasteiger charge is -2.39. The molecule has 1 heterocycles. The third kappa shape index (κ3) is 2.97. The molecular weight excluding hydrogens is 262 g/mol. The first-order valence-corrected chi connectivity index (χ1v) is 8.05. The average molecular weight is 287 g/mol. The van der Waals surface area contributed by atoms with Crippen molar-refractivity contribution in [2.75, 3.05) is 25.0 Å². The van der Waals surface area contributed by atoms with E-state index < -0.39 is 0 Å². The number of nitrogens with one attached hydrogen (secondary N) is 1. The lowest BCUT2D eigenvalue weighted by Crippen LogP contribution is -2.47. The molecule has 3 N–H and O–H groups in total. The van der Waals surface area contributed by atoms with Gasteiger partial charge in [0.2, 0.25) is 5.91 Å². The van der Waals surface area contributed by atoms with Gasteiger partial charge in [0.05, 0.1) is 5.41 Å². The zero-order valence-electron chi connectivity index (χ0n) is 12.6. The van der Waals surface area contributed by atoms with Crippen molar-refractivity contribution < 1.29 is 4.79 Å². The minimum atomic E-state index is -0.319. The SMILES string of the molecule is NCC1(C(=O)Nc2ccccc2CN2CCCC2)CCC1. The Kier molecular flexibility index (Phi) is 4.27. The van der Waals surface area contributed by atoms with Gasteiger partial charge < -0.3 is 11.1 Å². The fourth-order valence-electron chi connectivity index (χ4n) is 3.34. The maximum atomic E-state index is 12.5. The maximum absolute atomic E-state index is 12.5. The number of carbonyl (C=O) groups excluding carboxylic acids is 1. The molecule has 2 aliphatic rings. The highest BCUT2D eigenvalue weighted by atomic mass is 16.2. The number of nitrogens with two attached hydrogens (primary N) is 1. The molecule has 1 saturated carbocycles. The summed E-state index contributed by atoms with van der Waals surface area (Å²) in [6.45, 7) is 3.70. The summed E-state index contributed by atoms with van der Waals surface area (Å²) in [5.74, 6) is 0.102. The Morgan fingerprint density at radius 2 is 1.90 bits per heavy atom. The molecule has 2 fully saturated rings. The van der Waals surface area contributed by atoms with Crippen LogP contribution >= 0.6 is 0 Å². The predicted octanol–water partition coefficient (Wildman–Crippen LogP) is 2.35. The van der Waals surface area contributed by atoms with Gasteiger partial charge in [-0.25, -0.2) is 0 Å². The standard InChI is InChI=1S/C17H25N3O/c18-13-17(8-5-9-17)16(21)19-15-7-2-1-6-14(15)12-20-10-3-4-11-20/h1-2,6-7H,3-5,8-13,18H2,(H,19,21). The number of amides is 1. The number of benzene rings is 1. The van der Waals surface area contributed by atoms with Crippen LogP contribution < -0.4 is 11.1 Å². The van der Waals surface area contributed by atoms with Crippen LogP contribution in [0.3, 0.4) is 0 Å². The summed E-state index contributed by atoms with van der Waals surface area (Å²) in [6.07, 6.45) is 5.52. The van der Waals surface area contributed by atoms with Gasteiger partial charge in [0.1, 0.15) is 0 Å². The monoisotopic (exact) mass is 287 g/mol. The minimum absolute atomic E-state index is 0.102. The van der Waals surface area contributed by atoms with Crippen molar-refractivity contribution in [3.63, 3.8) is 0 Å². The summed E-state index contributed by atoms with van der Waals surface area (Å²) in [7, 11) is 0. The zero-order chi connectivity index (χ0) is 14.7. The fraction of sp³-hybridized carbons (Fsp3) is 0.588. The summed E-state index contributed by atoms with van der Waals surface area (Å²) in [6, 6.07) is 8.15. The van der Waals surface area contributed by atoms with Gasteiger partial charge in [-0.2, -0.15) is 0 Å². The third-order valence-corrected chi connectivity index (χ3v) is 5.04. The fourth-order valence-corrected chi connectivity index (χ4v) is 3.34. The van der Waals surface area contributed by atoms with Crippen LogP contribution in [-0.2, 0) is 11.3 Å². The largest absolute Gasteiger partial charge is 0.329 e. The van der Waals surface area contributed by atoms with E-state index in [1.807, 2.05) is 18.2 Å². The molecule has 0 bridgehead atoms. The molecule has 4 heteroatoms. The third-order valence-electron chi connectivity index (χ3n) is 5.04. The predicted molar refractivity (Wildman–Crippen MR) is 84.9 cm³/mol. The Hall–Kier alpha value is -1.39. The second kappa shape index (κ2) is 6.16. The van der Waals surface area contributed by atoms with E-state index in [4.69, 9.17) is 5.73 Å². The number of anilines is 1. The number of carbonyl (C=O) groups is 1. The van der Waals surface area contributed by atoms with Crippen LogP contribution in [-0.4, -0.2) is 30.4 Å². The van der Waals surface area contributed by atoms with Gasteiger partial charge in [0.25, 0.3) is 0 Å². The highest BCUT2D eigenvalue weighted by Gasteiger charge is 2.42. The number of rotatable bonds is 5. The van der Waals surface area contributed by atoms with Gasteiger partial charge in [0.15, 0.2) is 0 Å². The molecule has 1 aliphatic carbocycles. The van der Waals surface area contributed by atoms with Crippen LogP contribution in [0.1, 0.15) is 37.7 Å². The highest BCUT2D eigenvalue weighted by molar-refractivity contribution is 5.96. The molecule has 1 aromatic rings. The molecule has 1 aliphatic heterocycles. The van der Waals surface area contributed by atoms with Crippen LogP contribution in [0.25, 0.3) is 0 Å². The number of nitrogens with zero attached hydrogens (tertiary/aromatic N) is 1. The summed E-state index contributed by atoms with van der Waals surface area (Å²) in [5, 5.41) is 3.13. The van der Waals surface area contributed by atoms with Crippen LogP contribution in [0, 0.1) is 5.41 Å². The van der Waals surface area contributed by atoms with E-state index in [0.29, 0.717) is 6.54 Å². The van der Waals surface area contributed by atoms with Crippen LogP contribution in [0.15, 0.2) is 24.3 Å². The first kappa shape index (κ1) is 14.5. The van der Waals surface area contributed by atoms with Crippen molar-refractivity contribution >= 4 is 11.6 Å². The molecule has 3 rings (SSSR count). The molecule has 21 heavy (non-hydrogen) atoms. The molecule has 4 nitrogen and oxygen atoms in total. The molecule has 0 spiro atoms. The van der Waals surface area contributed by atoms with E-state index in [1.165, 1.54) is 18.4 Å². The summed E-state index contributed by atoms with van der Waals surface area (Å²) in [5.41, 5.74) is 7.67. The van der Waals surface area contributed by atoms with E-state index in [1.54, 1.807) is 0 Å². The number of para-hydroxylation sites is 1. The average Bonchev–Trinajstić information content (AvgIpc) is 2.93. The van der Waals surface area contributed by atoms with Gasteiger partial charge in [-0.15, -0.1) is 0 Å². The van der Waals surface area contributed by atoms with Crippen LogP contribution in [0.4, 0.5) is 5.69 Å². The minimum Gasteiger partial charge on any atom is -0.329 e. The van der Waals surface area contributed by atoms with Gasteiger partial charge in [-0.05, 0) is 50.4 Å². The van der Waals surface area contributed by atoms with E-state index >= 15 is 0 Å². The Bertz CT molecular complexity index is 499. The molecule has 114 valence electrons. The normalized spacial score (nSPS) is 21.0. The van der Waals surface area contributed by atoms with Gasteiger partial charge in [-0.1, -0.05) is 24.6 Å². The highest BCUT2D eigenvalue weighted by Crippen LogP contribution is 2.41. The Morgan fingerprint density at radius 3 is 2.52 bits per heavy atom. The number of likely N-dealkylation sites (tertiary alicyclic amines) is 1. The molecule has 0 atom stereocenters. The van der Waals surface area contributed by atoms with Gasteiger partial charge in [-0.3, -0.25) is 9.69 Å². The second-order valence-electron chi connectivity index (χ2n) is 6.43. The first-order chi connectivity index (χ1) is 10.2. The van der Waals surface area contributed by atoms with Crippen molar-refractivity contribution in [2.24, 2.45) is 11.1 Å². The summed E-state index contributed by atoms with van der Waals surface area (Å²) in [4.78, 5) is 15.0. The Balaban J connectivity index is 1.71. The van der Waals surface area contributed by atoms with E-state index in [2.05, 4.69) is 16.3 Å². The molecule has 1 aromatic carbocycles. The molecule has 0 radical (unpaired) electrons. The van der Waals surface area contributed by atoms with Crippen molar-refractivity contribution in [1.82, 2.24) is 4.90 Å². The van der Waals surface area contributed by atoms with Gasteiger partial charge >= 0.3 is 0 Å². The van der Waals surface area contributed by atoms with Crippen LogP contribution in [0.2, 0.25) is 0 Å². The number of hydrogen-bond donors (Lipinski definition) is 2. The van der Waals surface area contributed by atoms with Crippen LogP contribution in [0.5, 0.6) is 0 Å². The quantitative estimate of drug-likeness (QED) is 0.874. The second-order valence-corrected chi connectivity index (χ2v) is 6.43. The molecule has 1 amide bonds. The molecule has 0 unspecified atom stereocenters. The molecule has 0 aromatic heterocycles. The Labute approximate surface area is 126 Å². The summed E-state index contributed by atoms with van der Waals surface area (Å²) < 4.78 is 0. The van der Waals surface area contributed by atoms with Crippen molar-refractivity contribution in [3.05, 3.63) is 29.8 Å². The van der Waals surface area contributed by atoms with E-state index in [-0.39, 0.29) is 11.3 Å². The van der Waals surface area contributed by atoms with Crippen molar-refractivity contribution in [2.45, 2.75) is 38.6 Å². The van der Waals surface area contributed by atoms with Crippen molar-refractivity contribution in [1.29, 1.82) is 0 Å². The van der Waals surface area contributed by atoms with Gasteiger partial charge in [0, 0.05) is 18.8 Å². The lowest BCUT2D eigenvalue weighted by atomic mass is 9.68. The Morgan fingerprint density at radius 1 is 1.19 bits per heavy atom. The zero-order valence-corrected chi connectivity index (χ0v) is 12.6. The first-order valence-electron chi connectivity index (χ1n) is 8.05. The number of hydrogen-bond acceptors (Lipinski definition) is 3. The molecular formula is C17H25N3O. The van der Waals surface area contributed by atoms with E-state index in [9.17, 15) is 4.79 Å². The van der Waals surface area contributed by atoms with Crippen molar-refractivity contribution in [3.8, 4) is 0 Å².